The first-order chi connectivity index (χ1) is 9.76. The van der Waals surface area contributed by atoms with Crippen LogP contribution >= 0.6 is 0 Å². The van der Waals surface area contributed by atoms with E-state index in [2.05, 4.69) is 29.0 Å². The van der Waals surface area contributed by atoms with Gasteiger partial charge < -0.3 is 10.2 Å². The number of aromatic nitrogens is 2. The molecular formula is C16H23N3O. The van der Waals surface area contributed by atoms with Crippen LogP contribution in [0.4, 0.5) is 0 Å². The second-order valence-corrected chi connectivity index (χ2v) is 5.69. The van der Waals surface area contributed by atoms with Crippen molar-refractivity contribution >= 4 is 0 Å². The summed E-state index contributed by atoms with van der Waals surface area (Å²) in [6, 6.07) is 6.56. The van der Waals surface area contributed by atoms with E-state index in [-0.39, 0.29) is 6.04 Å². The Kier molecular flexibility index (Phi) is 3.92. The molecule has 1 saturated carbocycles. The van der Waals surface area contributed by atoms with Crippen LogP contribution in [0.15, 0.2) is 28.8 Å². The highest BCUT2D eigenvalue weighted by molar-refractivity contribution is 5.13. The van der Waals surface area contributed by atoms with Crippen molar-refractivity contribution in [3.05, 3.63) is 41.6 Å². The summed E-state index contributed by atoms with van der Waals surface area (Å²) in [7, 11) is 0. The van der Waals surface area contributed by atoms with Gasteiger partial charge in [-0.25, -0.2) is 0 Å². The first kappa shape index (κ1) is 13.4. The summed E-state index contributed by atoms with van der Waals surface area (Å²) in [6.07, 6.45) is 8.89. The Morgan fingerprint density at radius 2 is 2.15 bits per heavy atom. The lowest BCUT2D eigenvalue weighted by Crippen LogP contribution is -2.13. The van der Waals surface area contributed by atoms with Gasteiger partial charge in [-0.1, -0.05) is 19.8 Å². The molecule has 108 valence electrons. The average molecular weight is 273 g/mol. The minimum atomic E-state index is -0.109. The average Bonchev–Trinajstić information content (AvgIpc) is 3.19. The first-order valence-corrected chi connectivity index (χ1v) is 7.64. The highest BCUT2D eigenvalue weighted by atomic mass is 16.3. The van der Waals surface area contributed by atoms with Crippen molar-refractivity contribution < 1.29 is 4.42 Å². The lowest BCUT2D eigenvalue weighted by Gasteiger charge is -2.10. The summed E-state index contributed by atoms with van der Waals surface area (Å²) in [5.41, 5.74) is 7.27. The van der Waals surface area contributed by atoms with Crippen molar-refractivity contribution in [3.8, 4) is 0 Å². The molecule has 1 fully saturated rings. The zero-order valence-electron chi connectivity index (χ0n) is 12.1. The maximum atomic E-state index is 6.21. The Morgan fingerprint density at radius 3 is 2.85 bits per heavy atom. The van der Waals surface area contributed by atoms with E-state index < -0.39 is 0 Å². The molecule has 4 heteroatoms. The van der Waals surface area contributed by atoms with Crippen molar-refractivity contribution in [2.24, 2.45) is 5.73 Å². The smallest absolute Gasteiger partial charge is 0.121 e. The van der Waals surface area contributed by atoms with Crippen molar-refractivity contribution in [2.75, 3.05) is 0 Å². The van der Waals surface area contributed by atoms with E-state index in [0.717, 1.165) is 30.1 Å². The minimum absolute atomic E-state index is 0.109. The van der Waals surface area contributed by atoms with Gasteiger partial charge >= 0.3 is 0 Å². The summed E-state index contributed by atoms with van der Waals surface area (Å²) in [5, 5.41) is 4.68. The fraction of sp³-hybridized carbons (Fsp3) is 0.562. The predicted octanol–water partition coefficient (Wildman–Crippen LogP) is 3.40. The maximum Gasteiger partial charge on any atom is 0.121 e. The Hall–Kier alpha value is -1.55. The van der Waals surface area contributed by atoms with Gasteiger partial charge in [0.05, 0.1) is 17.8 Å². The normalized spacial score (nSPS) is 17.7. The molecular weight excluding hydrogens is 250 g/mol. The molecule has 1 unspecified atom stereocenters. The molecule has 2 aromatic rings. The molecule has 20 heavy (non-hydrogen) atoms. The van der Waals surface area contributed by atoms with Crippen LogP contribution in [-0.2, 0) is 12.8 Å². The Labute approximate surface area is 120 Å². The van der Waals surface area contributed by atoms with Gasteiger partial charge in [0.15, 0.2) is 0 Å². The summed E-state index contributed by atoms with van der Waals surface area (Å²) in [5.74, 6) is 1.85. The van der Waals surface area contributed by atoms with Gasteiger partial charge in [0, 0.05) is 19.0 Å². The Bertz CT molecular complexity index is 552. The van der Waals surface area contributed by atoms with Crippen LogP contribution < -0.4 is 5.73 Å². The van der Waals surface area contributed by atoms with Crippen LogP contribution in [0.5, 0.6) is 0 Å². The first-order valence-electron chi connectivity index (χ1n) is 7.64. The molecule has 0 amide bonds. The van der Waals surface area contributed by atoms with Gasteiger partial charge in [-0.05, 0) is 31.0 Å². The number of furan rings is 1. The molecule has 0 aromatic carbocycles. The van der Waals surface area contributed by atoms with E-state index in [4.69, 9.17) is 10.2 Å². The Morgan fingerprint density at radius 1 is 1.35 bits per heavy atom. The van der Waals surface area contributed by atoms with Crippen LogP contribution in [-0.4, -0.2) is 9.78 Å². The monoisotopic (exact) mass is 273 g/mol. The van der Waals surface area contributed by atoms with E-state index in [1.54, 1.807) is 0 Å². The molecule has 1 atom stereocenters. The van der Waals surface area contributed by atoms with Gasteiger partial charge in [0.25, 0.3) is 0 Å². The SMILES string of the molecule is CCc1ccc(C(N)Cc2ccn(C3CCCC3)n2)o1. The zero-order chi connectivity index (χ0) is 13.9. The fourth-order valence-electron chi connectivity index (χ4n) is 2.97. The number of hydrogen-bond acceptors (Lipinski definition) is 3. The highest BCUT2D eigenvalue weighted by Gasteiger charge is 2.19. The van der Waals surface area contributed by atoms with E-state index in [1.807, 2.05) is 12.1 Å². The maximum absolute atomic E-state index is 6.21. The van der Waals surface area contributed by atoms with Crippen molar-refractivity contribution in [1.29, 1.82) is 0 Å². The van der Waals surface area contributed by atoms with Gasteiger partial charge in [0.1, 0.15) is 11.5 Å². The van der Waals surface area contributed by atoms with E-state index in [9.17, 15) is 0 Å². The lowest BCUT2D eigenvalue weighted by atomic mass is 10.1. The molecule has 4 nitrogen and oxygen atoms in total. The molecule has 2 N–H and O–H groups in total. The molecule has 2 aromatic heterocycles. The predicted molar refractivity (Wildman–Crippen MR) is 78.5 cm³/mol. The third kappa shape index (κ3) is 2.80. The standard InChI is InChI=1S/C16H23N3O/c1-2-14-7-8-16(20-14)15(17)11-12-9-10-19(18-12)13-5-3-4-6-13/h7-10,13,15H,2-6,11,17H2,1H3. The van der Waals surface area contributed by atoms with Crippen LogP contribution in [0.3, 0.4) is 0 Å². The minimum Gasteiger partial charge on any atom is -0.464 e. The Balaban J connectivity index is 1.64. The summed E-state index contributed by atoms with van der Waals surface area (Å²) < 4.78 is 7.83. The quantitative estimate of drug-likeness (QED) is 0.908. The number of nitrogens with two attached hydrogens (primary N) is 1. The van der Waals surface area contributed by atoms with E-state index in [0.29, 0.717) is 6.04 Å². The highest BCUT2D eigenvalue weighted by Crippen LogP contribution is 2.29. The molecule has 1 aliphatic carbocycles. The van der Waals surface area contributed by atoms with Crippen LogP contribution in [0, 0.1) is 0 Å². The molecule has 0 aliphatic heterocycles. The fourth-order valence-corrected chi connectivity index (χ4v) is 2.97. The van der Waals surface area contributed by atoms with Gasteiger partial charge in [0.2, 0.25) is 0 Å². The van der Waals surface area contributed by atoms with Gasteiger partial charge in [-0.15, -0.1) is 0 Å². The summed E-state index contributed by atoms with van der Waals surface area (Å²) in [4.78, 5) is 0. The number of nitrogens with zero attached hydrogens (tertiary/aromatic N) is 2. The van der Waals surface area contributed by atoms with E-state index in [1.165, 1.54) is 25.7 Å². The topological polar surface area (TPSA) is 57.0 Å². The van der Waals surface area contributed by atoms with Crippen molar-refractivity contribution in [3.63, 3.8) is 0 Å². The molecule has 0 bridgehead atoms. The second kappa shape index (κ2) is 5.83. The van der Waals surface area contributed by atoms with Crippen molar-refractivity contribution in [2.45, 2.75) is 57.5 Å². The van der Waals surface area contributed by atoms with Crippen LogP contribution in [0.25, 0.3) is 0 Å². The second-order valence-electron chi connectivity index (χ2n) is 5.69. The third-order valence-corrected chi connectivity index (χ3v) is 4.19. The molecule has 0 radical (unpaired) electrons. The zero-order valence-corrected chi connectivity index (χ0v) is 12.1. The third-order valence-electron chi connectivity index (χ3n) is 4.19. The summed E-state index contributed by atoms with van der Waals surface area (Å²) >= 11 is 0. The number of aryl methyl sites for hydroxylation is 1. The molecule has 0 saturated heterocycles. The lowest BCUT2D eigenvalue weighted by molar-refractivity contribution is 0.428. The van der Waals surface area contributed by atoms with Crippen LogP contribution in [0.1, 0.15) is 61.9 Å². The molecule has 1 aliphatic rings. The molecule has 3 rings (SSSR count). The van der Waals surface area contributed by atoms with Gasteiger partial charge in [-0.2, -0.15) is 5.10 Å². The summed E-state index contributed by atoms with van der Waals surface area (Å²) in [6.45, 7) is 2.08. The van der Waals surface area contributed by atoms with Crippen molar-refractivity contribution in [1.82, 2.24) is 9.78 Å². The largest absolute Gasteiger partial charge is 0.464 e. The van der Waals surface area contributed by atoms with E-state index >= 15 is 0 Å². The number of hydrogen-bond donors (Lipinski definition) is 1. The molecule has 0 spiro atoms. The van der Waals surface area contributed by atoms with Gasteiger partial charge in [-0.3, -0.25) is 4.68 Å². The molecule has 2 heterocycles. The number of rotatable bonds is 5. The van der Waals surface area contributed by atoms with Crippen LogP contribution in [0.2, 0.25) is 0 Å².